The Kier molecular flexibility index (Phi) is 8.33. The van der Waals surface area contributed by atoms with Crippen molar-refractivity contribution in [3.8, 4) is 6.07 Å². The van der Waals surface area contributed by atoms with Crippen LogP contribution in [0.5, 0.6) is 0 Å². The van der Waals surface area contributed by atoms with Crippen molar-refractivity contribution in [1.82, 2.24) is 19.5 Å². The number of hydrogen-bond donors (Lipinski definition) is 1. The van der Waals surface area contributed by atoms with Gasteiger partial charge in [0.2, 0.25) is 0 Å². The first-order valence-corrected chi connectivity index (χ1v) is 19.8. The molecule has 1 aromatic carbocycles. The Morgan fingerprint density at radius 1 is 1.05 bits per heavy atom. The van der Waals surface area contributed by atoms with E-state index in [0.29, 0.717) is 35.6 Å². The summed E-state index contributed by atoms with van der Waals surface area (Å²) in [4.78, 5) is 13.6. The van der Waals surface area contributed by atoms with Crippen molar-refractivity contribution in [2.45, 2.75) is 103 Å². The minimum absolute atomic E-state index is 0.0777. The Bertz CT molecular complexity index is 1390. The van der Waals surface area contributed by atoms with E-state index in [1.807, 2.05) is 16.7 Å². The first-order chi connectivity index (χ1) is 18.5. The number of nitrogens with one attached hydrogen (secondary N) is 1. The van der Waals surface area contributed by atoms with Crippen molar-refractivity contribution < 1.29 is 13.6 Å². The molecule has 0 amide bonds. The lowest BCUT2D eigenvalue weighted by Gasteiger charge is -2.40. The predicted octanol–water partition coefficient (Wildman–Crippen LogP) is 7.14. The van der Waals surface area contributed by atoms with E-state index in [-0.39, 0.29) is 28.5 Å². The van der Waals surface area contributed by atoms with Crippen LogP contribution in [-0.4, -0.2) is 55.0 Å². The molecule has 3 heterocycles. The molecule has 3 aromatic rings. The van der Waals surface area contributed by atoms with Gasteiger partial charge in [0, 0.05) is 12.1 Å². The summed E-state index contributed by atoms with van der Waals surface area (Å²) in [7, 11) is -4.03. The summed E-state index contributed by atoms with van der Waals surface area (Å²) in [5.41, 5.74) is 2.64. The number of fused-ring (bicyclic) bond motifs is 1. The van der Waals surface area contributed by atoms with Gasteiger partial charge in [0.25, 0.3) is 0 Å². The minimum atomic E-state index is -2.06. The maximum atomic E-state index is 9.26. The number of nitriles is 1. The van der Waals surface area contributed by atoms with Gasteiger partial charge in [-0.3, -0.25) is 4.57 Å². The Morgan fingerprint density at radius 3 is 2.40 bits per heavy atom. The zero-order valence-electron chi connectivity index (χ0n) is 25.6. The highest BCUT2D eigenvalue weighted by atomic mass is 28.4. The number of rotatable bonds is 8. The van der Waals surface area contributed by atoms with E-state index in [9.17, 15) is 5.26 Å². The number of imidazole rings is 1. The molecule has 2 aromatic heterocycles. The van der Waals surface area contributed by atoms with Gasteiger partial charge in [-0.1, -0.05) is 47.6 Å². The molecule has 1 saturated heterocycles. The molecule has 4 rings (SSSR count). The summed E-state index contributed by atoms with van der Waals surface area (Å²) in [6.07, 6.45) is 3.38. The molecule has 0 saturated carbocycles. The topological polar surface area (TPSA) is 107 Å². The van der Waals surface area contributed by atoms with Crippen LogP contribution in [0.15, 0.2) is 36.9 Å². The van der Waals surface area contributed by atoms with E-state index in [2.05, 4.69) is 94.1 Å². The van der Waals surface area contributed by atoms with Crippen molar-refractivity contribution in [2.24, 2.45) is 0 Å². The summed E-state index contributed by atoms with van der Waals surface area (Å²) in [6, 6.07) is 9.43. The second-order valence-electron chi connectivity index (χ2n) is 13.7. The summed E-state index contributed by atoms with van der Waals surface area (Å²) >= 11 is 0. The van der Waals surface area contributed by atoms with E-state index < -0.39 is 16.6 Å². The quantitative estimate of drug-likeness (QED) is 0.280. The smallest absolute Gasteiger partial charge is 0.192 e. The van der Waals surface area contributed by atoms with Gasteiger partial charge in [-0.2, -0.15) is 5.26 Å². The lowest BCUT2D eigenvalue weighted by molar-refractivity contribution is -0.0383. The van der Waals surface area contributed by atoms with Gasteiger partial charge in [-0.05, 0) is 54.5 Å². The molecule has 0 radical (unpaired) electrons. The van der Waals surface area contributed by atoms with Gasteiger partial charge >= 0.3 is 0 Å². The fourth-order valence-electron chi connectivity index (χ4n) is 4.16. The van der Waals surface area contributed by atoms with Gasteiger partial charge in [0.1, 0.15) is 18.7 Å². The van der Waals surface area contributed by atoms with Gasteiger partial charge in [-0.25, -0.2) is 15.0 Å². The first kappa shape index (κ1) is 30.3. The maximum absolute atomic E-state index is 9.26. The van der Waals surface area contributed by atoms with Crippen LogP contribution in [0.1, 0.15) is 59.8 Å². The summed E-state index contributed by atoms with van der Waals surface area (Å²) in [5, 5.41) is 12.7. The van der Waals surface area contributed by atoms with Crippen LogP contribution < -0.4 is 5.32 Å². The molecule has 1 aliphatic heterocycles. The van der Waals surface area contributed by atoms with E-state index in [0.717, 1.165) is 5.69 Å². The molecular weight excluding hydrogens is 537 g/mol. The van der Waals surface area contributed by atoms with E-state index in [1.165, 1.54) is 6.33 Å². The van der Waals surface area contributed by atoms with Crippen LogP contribution in [0.4, 0.5) is 11.5 Å². The first-order valence-electron chi connectivity index (χ1n) is 13.9. The van der Waals surface area contributed by atoms with Crippen LogP contribution in [-0.2, 0) is 13.6 Å². The summed E-state index contributed by atoms with van der Waals surface area (Å²) < 4.78 is 22.2. The summed E-state index contributed by atoms with van der Waals surface area (Å²) in [6.45, 7) is 23.1. The Hall–Kier alpha value is -2.63. The standard InChI is InChI=1S/C29H44N6O3Si2/c1-28(2,3)39(7,8)36-17-23-22(38-40(9,10)29(4,5)6)15-24(37-23)35-19-33-25-26(31-18-32-27(25)35)34-21-13-11-12-20(14-21)16-30/h11-14,18-19,22-24H,15,17H2,1-10H3,(H,31,32,34)/t22-,23+,24+/m0/s1. The highest BCUT2D eigenvalue weighted by Gasteiger charge is 2.46. The zero-order valence-corrected chi connectivity index (χ0v) is 27.6. The molecule has 3 atom stereocenters. The molecule has 9 nitrogen and oxygen atoms in total. The number of nitrogens with zero attached hydrogens (tertiary/aromatic N) is 5. The molecule has 0 aliphatic carbocycles. The van der Waals surface area contributed by atoms with Gasteiger partial charge < -0.3 is 18.9 Å². The third kappa shape index (κ3) is 6.31. The van der Waals surface area contributed by atoms with Gasteiger partial charge in [-0.15, -0.1) is 0 Å². The number of benzene rings is 1. The van der Waals surface area contributed by atoms with Crippen LogP contribution in [0, 0.1) is 11.3 Å². The minimum Gasteiger partial charge on any atom is -0.414 e. The molecule has 40 heavy (non-hydrogen) atoms. The molecule has 1 N–H and O–H groups in total. The number of ether oxygens (including phenoxy) is 1. The van der Waals surface area contributed by atoms with E-state index >= 15 is 0 Å². The molecule has 0 unspecified atom stereocenters. The molecule has 11 heteroatoms. The SMILES string of the molecule is CC(C)(C)[Si](C)(C)OC[C@H]1O[C@@H](n2cnc3c(Nc4cccc(C#N)c4)ncnc32)C[C@@H]1O[Si](C)(C)C(C)(C)C. The largest absolute Gasteiger partial charge is 0.414 e. The average molecular weight is 581 g/mol. The second kappa shape index (κ2) is 11.0. The normalized spacial score (nSPS) is 20.6. The monoisotopic (exact) mass is 580 g/mol. The van der Waals surface area contributed by atoms with Crippen molar-refractivity contribution in [2.75, 3.05) is 11.9 Å². The van der Waals surface area contributed by atoms with Crippen LogP contribution in [0.2, 0.25) is 36.3 Å². The third-order valence-corrected chi connectivity index (χ3v) is 17.8. The Balaban J connectivity index is 1.61. The predicted molar refractivity (Wildman–Crippen MR) is 164 cm³/mol. The molecule has 1 aliphatic rings. The average Bonchev–Trinajstić information content (AvgIpc) is 3.46. The lowest BCUT2D eigenvalue weighted by atomic mass is 10.2. The van der Waals surface area contributed by atoms with Crippen molar-refractivity contribution in [3.05, 3.63) is 42.5 Å². The molecule has 0 bridgehead atoms. The molecular formula is C29H44N6O3Si2. The van der Waals surface area contributed by atoms with Crippen LogP contribution in [0.25, 0.3) is 11.2 Å². The van der Waals surface area contributed by atoms with Crippen molar-refractivity contribution in [3.63, 3.8) is 0 Å². The molecule has 1 fully saturated rings. The van der Waals surface area contributed by atoms with Gasteiger partial charge in [0.05, 0.1) is 30.7 Å². The Labute approximate surface area is 240 Å². The van der Waals surface area contributed by atoms with Crippen LogP contribution in [0.3, 0.4) is 0 Å². The van der Waals surface area contributed by atoms with E-state index in [4.69, 9.17) is 13.6 Å². The fourth-order valence-corrected chi connectivity index (χ4v) is 6.54. The fraction of sp³-hybridized carbons (Fsp3) is 0.586. The highest BCUT2D eigenvalue weighted by Crippen LogP contribution is 2.43. The van der Waals surface area contributed by atoms with Crippen LogP contribution >= 0.6 is 0 Å². The Morgan fingerprint density at radius 2 is 1.75 bits per heavy atom. The summed E-state index contributed by atoms with van der Waals surface area (Å²) in [5.74, 6) is 0.573. The van der Waals surface area contributed by atoms with Crippen molar-refractivity contribution >= 4 is 39.3 Å². The van der Waals surface area contributed by atoms with Gasteiger partial charge in [0.15, 0.2) is 33.6 Å². The maximum Gasteiger partial charge on any atom is 0.192 e. The highest BCUT2D eigenvalue weighted by molar-refractivity contribution is 6.74. The third-order valence-electron chi connectivity index (χ3n) is 8.77. The lowest BCUT2D eigenvalue weighted by Crippen LogP contribution is -2.48. The van der Waals surface area contributed by atoms with E-state index in [1.54, 1.807) is 18.5 Å². The number of hydrogen-bond acceptors (Lipinski definition) is 8. The second-order valence-corrected chi connectivity index (χ2v) is 23.3. The number of aromatic nitrogens is 4. The molecule has 0 spiro atoms. The van der Waals surface area contributed by atoms with Crippen molar-refractivity contribution in [1.29, 1.82) is 5.26 Å². The molecule has 216 valence electrons. The zero-order chi connectivity index (χ0) is 29.5. The number of anilines is 2.